The van der Waals surface area contributed by atoms with E-state index in [1.165, 1.54) is 0 Å². The van der Waals surface area contributed by atoms with Gasteiger partial charge in [-0.25, -0.2) is 0 Å². The molecule has 2 saturated heterocycles. The van der Waals surface area contributed by atoms with Crippen molar-refractivity contribution in [2.75, 3.05) is 19.8 Å². The average molecular weight is 186 g/mol. The molecule has 1 N–H and O–H groups in total. The van der Waals surface area contributed by atoms with Crippen molar-refractivity contribution in [3.8, 4) is 0 Å². The van der Waals surface area contributed by atoms with Crippen LogP contribution in [0.25, 0.3) is 0 Å². The maximum Gasteiger partial charge on any atom is 0.0644 e. The molecule has 0 radical (unpaired) electrons. The van der Waals surface area contributed by atoms with E-state index < -0.39 is 0 Å². The summed E-state index contributed by atoms with van der Waals surface area (Å²) in [5.74, 6) is 0.667. The summed E-state index contributed by atoms with van der Waals surface area (Å²) in [5, 5.41) is 10.1. The zero-order valence-electron chi connectivity index (χ0n) is 8.11. The summed E-state index contributed by atoms with van der Waals surface area (Å²) in [6.45, 7) is 4.39. The second-order valence-corrected chi connectivity index (χ2v) is 4.14. The van der Waals surface area contributed by atoms with Crippen LogP contribution in [0, 0.1) is 11.8 Å². The maximum atomic E-state index is 10.1. The van der Waals surface area contributed by atoms with Crippen LogP contribution in [0.3, 0.4) is 0 Å². The van der Waals surface area contributed by atoms with E-state index in [0.717, 1.165) is 32.7 Å². The van der Waals surface area contributed by atoms with E-state index in [9.17, 15) is 5.11 Å². The lowest BCUT2D eigenvalue weighted by Gasteiger charge is -2.25. The zero-order chi connectivity index (χ0) is 9.26. The molecule has 2 aliphatic rings. The van der Waals surface area contributed by atoms with Gasteiger partial charge in [0.25, 0.3) is 0 Å². The minimum Gasteiger partial charge on any atom is -0.392 e. The van der Waals surface area contributed by atoms with E-state index in [1.54, 1.807) is 0 Å². The van der Waals surface area contributed by atoms with Crippen LogP contribution in [0.2, 0.25) is 0 Å². The van der Waals surface area contributed by atoms with Crippen molar-refractivity contribution >= 4 is 0 Å². The molecule has 0 aliphatic carbocycles. The molecular weight excluding hydrogens is 168 g/mol. The van der Waals surface area contributed by atoms with Gasteiger partial charge in [0.1, 0.15) is 0 Å². The Kier molecular flexibility index (Phi) is 2.86. The lowest BCUT2D eigenvalue weighted by Crippen LogP contribution is -2.33. The first-order valence-electron chi connectivity index (χ1n) is 5.16. The van der Waals surface area contributed by atoms with E-state index in [1.807, 2.05) is 0 Å². The van der Waals surface area contributed by atoms with Crippen LogP contribution < -0.4 is 0 Å². The molecule has 0 amide bonds. The first-order valence-corrected chi connectivity index (χ1v) is 5.16. The quantitative estimate of drug-likeness (QED) is 0.693. The van der Waals surface area contributed by atoms with E-state index in [-0.39, 0.29) is 12.2 Å². The summed E-state index contributed by atoms with van der Waals surface area (Å²) in [5.41, 5.74) is 0. The Bertz CT molecular complexity index is 166. The SMILES string of the molecule is CC1OCCC1C(O)C1CCOC1. The fraction of sp³-hybridized carbons (Fsp3) is 1.00. The molecule has 0 aromatic carbocycles. The van der Waals surface area contributed by atoms with Crippen LogP contribution >= 0.6 is 0 Å². The third-order valence-electron chi connectivity index (χ3n) is 3.32. The van der Waals surface area contributed by atoms with Crippen LogP contribution in [-0.4, -0.2) is 37.1 Å². The second-order valence-electron chi connectivity index (χ2n) is 4.14. The zero-order valence-corrected chi connectivity index (χ0v) is 8.11. The van der Waals surface area contributed by atoms with Crippen molar-refractivity contribution in [1.29, 1.82) is 0 Å². The molecule has 2 aliphatic heterocycles. The molecular formula is C10H18O3. The molecule has 0 bridgehead atoms. The van der Waals surface area contributed by atoms with Gasteiger partial charge >= 0.3 is 0 Å². The first-order chi connectivity index (χ1) is 6.29. The predicted octanol–water partition coefficient (Wildman–Crippen LogP) is 0.809. The standard InChI is InChI=1S/C10H18O3/c1-7-9(3-5-13-7)10(11)8-2-4-12-6-8/h7-11H,2-6H2,1H3. The van der Waals surface area contributed by atoms with Crippen molar-refractivity contribution < 1.29 is 14.6 Å². The Labute approximate surface area is 79.0 Å². The van der Waals surface area contributed by atoms with Crippen molar-refractivity contribution in [3.63, 3.8) is 0 Å². The third kappa shape index (κ3) is 1.87. The molecule has 3 nitrogen and oxygen atoms in total. The Morgan fingerprint density at radius 3 is 2.69 bits per heavy atom. The van der Waals surface area contributed by atoms with Gasteiger partial charge in [0.05, 0.1) is 18.8 Å². The number of hydrogen-bond acceptors (Lipinski definition) is 3. The molecule has 2 rings (SSSR count). The van der Waals surface area contributed by atoms with Gasteiger partial charge in [0.2, 0.25) is 0 Å². The van der Waals surface area contributed by atoms with Crippen LogP contribution in [0.1, 0.15) is 19.8 Å². The third-order valence-corrected chi connectivity index (χ3v) is 3.32. The van der Waals surface area contributed by atoms with Gasteiger partial charge in [0, 0.05) is 25.0 Å². The lowest BCUT2D eigenvalue weighted by atomic mass is 9.86. The largest absolute Gasteiger partial charge is 0.392 e. The highest BCUT2D eigenvalue weighted by Crippen LogP contribution is 2.30. The van der Waals surface area contributed by atoms with Crippen molar-refractivity contribution in [3.05, 3.63) is 0 Å². The van der Waals surface area contributed by atoms with Crippen molar-refractivity contribution in [1.82, 2.24) is 0 Å². The van der Waals surface area contributed by atoms with E-state index in [0.29, 0.717) is 11.8 Å². The molecule has 4 atom stereocenters. The fourth-order valence-corrected chi connectivity index (χ4v) is 2.37. The minimum atomic E-state index is -0.222. The van der Waals surface area contributed by atoms with Gasteiger partial charge < -0.3 is 14.6 Å². The van der Waals surface area contributed by atoms with Crippen LogP contribution in [0.15, 0.2) is 0 Å². The molecule has 2 fully saturated rings. The molecule has 0 saturated carbocycles. The van der Waals surface area contributed by atoms with Gasteiger partial charge in [0.15, 0.2) is 0 Å². The van der Waals surface area contributed by atoms with Crippen LogP contribution in [0.5, 0.6) is 0 Å². The molecule has 13 heavy (non-hydrogen) atoms. The Morgan fingerprint density at radius 2 is 2.15 bits per heavy atom. The summed E-state index contributed by atoms with van der Waals surface area (Å²) in [6.07, 6.45) is 2.00. The molecule has 0 aromatic rings. The normalized spacial score (nSPS) is 42.5. The van der Waals surface area contributed by atoms with Crippen LogP contribution in [-0.2, 0) is 9.47 Å². The Hall–Kier alpha value is -0.120. The summed E-state index contributed by atoms with van der Waals surface area (Å²) in [6, 6.07) is 0. The summed E-state index contributed by atoms with van der Waals surface area (Å²) < 4.78 is 10.7. The summed E-state index contributed by atoms with van der Waals surface area (Å²) >= 11 is 0. The monoisotopic (exact) mass is 186 g/mol. The van der Waals surface area contributed by atoms with Crippen molar-refractivity contribution in [2.45, 2.75) is 32.0 Å². The Balaban J connectivity index is 1.91. The van der Waals surface area contributed by atoms with E-state index >= 15 is 0 Å². The maximum absolute atomic E-state index is 10.1. The summed E-state index contributed by atoms with van der Waals surface area (Å²) in [7, 11) is 0. The van der Waals surface area contributed by atoms with Gasteiger partial charge in [-0.1, -0.05) is 0 Å². The topological polar surface area (TPSA) is 38.7 Å². The second kappa shape index (κ2) is 3.95. The molecule has 76 valence electrons. The highest BCUT2D eigenvalue weighted by molar-refractivity contribution is 4.85. The molecule has 2 heterocycles. The molecule has 4 unspecified atom stereocenters. The molecule has 3 heteroatoms. The number of aliphatic hydroxyl groups is 1. The average Bonchev–Trinajstić information content (AvgIpc) is 2.72. The van der Waals surface area contributed by atoms with Crippen LogP contribution in [0.4, 0.5) is 0 Å². The highest BCUT2D eigenvalue weighted by atomic mass is 16.5. The van der Waals surface area contributed by atoms with Gasteiger partial charge in [-0.2, -0.15) is 0 Å². The summed E-state index contributed by atoms with van der Waals surface area (Å²) in [4.78, 5) is 0. The molecule has 0 spiro atoms. The molecule has 0 aromatic heterocycles. The fourth-order valence-electron chi connectivity index (χ4n) is 2.37. The lowest BCUT2D eigenvalue weighted by molar-refractivity contribution is 0.00781. The van der Waals surface area contributed by atoms with Gasteiger partial charge in [-0.3, -0.25) is 0 Å². The Morgan fingerprint density at radius 1 is 1.31 bits per heavy atom. The number of ether oxygens (including phenoxy) is 2. The first kappa shape index (κ1) is 9.44. The van der Waals surface area contributed by atoms with Crippen molar-refractivity contribution in [2.24, 2.45) is 11.8 Å². The number of aliphatic hydroxyl groups excluding tert-OH is 1. The number of hydrogen-bond donors (Lipinski definition) is 1. The van der Waals surface area contributed by atoms with E-state index in [2.05, 4.69) is 6.92 Å². The number of rotatable bonds is 2. The predicted molar refractivity (Wildman–Crippen MR) is 48.5 cm³/mol. The smallest absolute Gasteiger partial charge is 0.0644 e. The highest BCUT2D eigenvalue weighted by Gasteiger charge is 2.36. The minimum absolute atomic E-state index is 0.218. The van der Waals surface area contributed by atoms with Gasteiger partial charge in [-0.15, -0.1) is 0 Å². The van der Waals surface area contributed by atoms with E-state index in [4.69, 9.17) is 9.47 Å². The van der Waals surface area contributed by atoms with Gasteiger partial charge in [-0.05, 0) is 19.8 Å².